The predicted molar refractivity (Wildman–Crippen MR) is 76.4 cm³/mol. The van der Waals surface area contributed by atoms with Crippen molar-refractivity contribution in [1.29, 1.82) is 0 Å². The van der Waals surface area contributed by atoms with E-state index in [-0.39, 0.29) is 6.10 Å². The Kier molecular flexibility index (Phi) is 5.15. The lowest BCUT2D eigenvalue weighted by molar-refractivity contribution is -0.0962. The number of ether oxygens (including phenoxy) is 2. The average Bonchev–Trinajstić information content (AvgIpc) is 2.39. The molecular weight excluding hydrogens is 278 g/mol. The molecule has 0 bridgehead atoms. The largest absolute Gasteiger partial charge is 0.376 e. The van der Waals surface area contributed by atoms with E-state index in [1.165, 1.54) is 6.26 Å². The summed E-state index contributed by atoms with van der Waals surface area (Å²) in [6.07, 6.45) is 1.33. The third-order valence-electron chi connectivity index (χ3n) is 3.20. The smallest absolute Gasteiger partial charge is 0.175 e. The Morgan fingerprint density at radius 2 is 1.95 bits per heavy atom. The van der Waals surface area contributed by atoms with Crippen molar-refractivity contribution in [2.75, 3.05) is 39.7 Å². The van der Waals surface area contributed by atoms with Crippen LogP contribution in [-0.2, 0) is 25.9 Å². The SMILES string of the molecule is CN(Cc1ccc(S(C)(=O)=O)cc1)C[C@@H]1COCCO1. The van der Waals surface area contributed by atoms with Crippen LogP contribution in [0.1, 0.15) is 5.56 Å². The topological polar surface area (TPSA) is 55.8 Å². The third-order valence-corrected chi connectivity index (χ3v) is 4.33. The van der Waals surface area contributed by atoms with Crippen LogP contribution in [0.5, 0.6) is 0 Å². The van der Waals surface area contributed by atoms with Crippen molar-refractivity contribution in [3.05, 3.63) is 29.8 Å². The molecule has 1 fully saturated rings. The van der Waals surface area contributed by atoms with Crippen LogP contribution < -0.4 is 0 Å². The van der Waals surface area contributed by atoms with Gasteiger partial charge in [0.15, 0.2) is 9.84 Å². The Hall–Kier alpha value is -0.950. The quantitative estimate of drug-likeness (QED) is 0.810. The maximum Gasteiger partial charge on any atom is 0.175 e. The van der Waals surface area contributed by atoms with Gasteiger partial charge in [0.2, 0.25) is 0 Å². The molecule has 0 N–H and O–H groups in total. The molecule has 0 unspecified atom stereocenters. The molecule has 5 nitrogen and oxygen atoms in total. The number of sulfone groups is 1. The second kappa shape index (κ2) is 6.67. The monoisotopic (exact) mass is 299 g/mol. The number of nitrogens with zero attached hydrogens (tertiary/aromatic N) is 1. The summed E-state index contributed by atoms with van der Waals surface area (Å²) in [4.78, 5) is 2.50. The fraction of sp³-hybridized carbons (Fsp3) is 0.571. The van der Waals surface area contributed by atoms with E-state index in [0.717, 1.165) is 18.7 Å². The van der Waals surface area contributed by atoms with Gasteiger partial charge in [0.05, 0.1) is 30.8 Å². The fourth-order valence-electron chi connectivity index (χ4n) is 2.21. The molecule has 0 saturated carbocycles. The second-order valence-electron chi connectivity index (χ2n) is 5.18. The summed E-state index contributed by atoms with van der Waals surface area (Å²) in [5.74, 6) is 0. The maximum atomic E-state index is 11.4. The minimum absolute atomic E-state index is 0.115. The lowest BCUT2D eigenvalue weighted by atomic mass is 10.2. The molecule has 0 aromatic heterocycles. The molecule has 112 valence electrons. The molecule has 20 heavy (non-hydrogen) atoms. The van der Waals surface area contributed by atoms with Crippen molar-refractivity contribution < 1.29 is 17.9 Å². The van der Waals surface area contributed by atoms with Gasteiger partial charge < -0.3 is 9.47 Å². The van der Waals surface area contributed by atoms with Gasteiger partial charge in [-0.3, -0.25) is 4.90 Å². The predicted octanol–water partition coefficient (Wildman–Crippen LogP) is 0.937. The minimum Gasteiger partial charge on any atom is -0.376 e. The van der Waals surface area contributed by atoms with E-state index >= 15 is 0 Å². The highest BCUT2D eigenvalue weighted by Gasteiger charge is 2.16. The van der Waals surface area contributed by atoms with Gasteiger partial charge in [-0.2, -0.15) is 0 Å². The van der Waals surface area contributed by atoms with Crippen LogP contribution in [0.4, 0.5) is 0 Å². The first-order valence-electron chi connectivity index (χ1n) is 6.62. The lowest BCUT2D eigenvalue weighted by Gasteiger charge is -2.27. The fourth-order valence-corrected chi connectivity index (χ4v) is 2.84. The average molecular weight is 299 g/mol. The summed E-state index contributed by atoms with van der Waals surface area (Å²) in [5, 5.41) is 0. The Morgan fingerprint density at radius 3 is 2.50 bits per heavy atom. The Balaban J connectivity index is 1.89. The molecule has 1 saturated heterocycles. The van der Waals surface area contributed by atoms with Crippen LogP contribution in [0.3, 0.4) is 0 Å². The summed E-state index contributed by atoms with van der Waals surface area (Å²) >= 11 is 0. The van der Waals surface area contributed by atoms with Gasteiger partial charge in [-0.15, -0.1) is 0 Å². The van der Waals surface area contributed by atoms with E-state index in [1.807, 2.05) is 19.2 Å². The van der Waals surface area contributed by atoms with Gasteiger partial charge >= 0.3 is 0 Å². The van der Waals surface area contributed by atoms with Gasteiger partial charge in [-0.05, 0) is 24.7 Å². The summed E-state index contributed by atoms with van der Waals surface area (Å²) in [5.41, 5.74) is 1.08. The molecule has 1 aliphatic rings. The van der Waals surface area contributed by atoms with Crippen molar-refractivity contribution in [2.45, 2.75) is 17.5 Å². The molecule has 1 heterocycles. The summed E-state index contributed by atoms with van der Waals surface area (Å²) in [7, 11) is -1.10. The third kappa shape index (κ3) is 4.56. The molecule has 1 atom stereocenters. The van der Waals surface area contributed by atoms with Crippen molar-refractivity contribution >= 4 is 9.84 Å². The van der Waals surface area contributed by atoms with Crippen LogP contribution in [0.25, 0.3) is 0 Å². The zero-order chi connectivity index (χ0) is 14.6. The Bertz CT molecular complexity index is 521. The van der Waals surface area contributed by atoms with Crippen LogP contribution in [0, 0.1) is 0 Å². The molecule has 2 rings (SSSR count). The summed E-state index contributed by atoms with van der Waals surface area (Å²) in [6.45, 7) is 3.52. The molecule has 1 aromatic carbocycles. The number of hydrogen-bond acceptors (Lipinski definition) is 5. The standard InChI is InChI=1S/C14H21NO4S/c1-15(10-13-11-18-7-8-19-13)9-12-3-5-14(6-4-12)20(2,16)17/h3-6,13H,7-11H2,1-2H3/t13-/m1/s1. The van der Waals surface area contributed by atoms with Crippen LogP contribution in [0.2, 0.25) is 0 Å². The van der Waals surface area contributed by atoms with Gasteiger partial charge in [0.1, 0.15) is 0 Å². The van der Waals surface area contributed by atoms with Crippen molar-refractivity contribution in [2.24, 2.45) is 0 Å². The maximum absolute atomic E-state index is 11.4. The molecule has 0 radical (unpaired) electrons. The van der Waals surface area contributed by atoms with E-state index in [9.17, 15) is 8.42 Å². The number of rotatable bonds is 5. The van der Waals surface area contributed by atoms with Gasteiger partial charge in [0.25, 0.3) is 0 Å². The molecule has 1 aromatic rings. The van der Waals surface area contributed by atoms with Crippen LogP contribution in [0.15, 0.2) is 29.2 Å². The highest BCUT2D eigenvalue weighted by Crippen LogP contribution is 2.12. The minimum atomic E-state index is -3.12. The van der Waals surface area contributed by atoms with Gasteiger partial charge in [-0.1, -0.05) is 12.1 Å². The molecular formula is C14H21NO4S. The van der Waals surface area contributed by atoms with E-state index < -0.39 is 9.84 Å². The lowest BCUT2D eigenvalue weighted by Crippen LogP contribution is -2.38. The Labute approximate surface area is 120 Å². The van der Waals surface area contributed by atoms with E-state index in [0.29, 0.717) is 24.7 Å². The van der Waals surface area contributed by atoms with Crippen LogP contribution in [-0.4, -0.2) is 59.1 Å². The zero-order valence-corrected chi connectivity index (χ0v) is 12.7. The number of benzene rings is 1. The van der Waals surface area contributed by atoms with Gasteiger partial charge in [0, 0.05) is 19.3 Å². The second-order valence-corrected chi connectivity index (χ2v) is 7.20. The van der Waals surface area contributed by atoms with Gasteiger partial charge in [-0.25, -0.2) is 8.42 Å². The molecule has 0 amide bonds. The molecule has 0 spiro atoms. The zero-order valence-electron chi connectivity index (χ0n) is 11.9. The van der Waals surface area contributed by atoms with Crippen molar-refractivity contribution in [3.63, 3.8) is 0 Å². The number of hydrogen-bond donors (Lipinski definition) is 0. The summed E-state index contributed by atoms with van der Waals surface area (Å²) < 4.78 is 33.7. The molecule has 1 aliphatic heterocycles. The summed E-state index contributed by atoms with van der Waals surface area (Å²) in [6, 6.07) is 7.01. The Morgan fingerprint density at radius 1 is 1.25 bits per heavy atom. The number of likely N-dealkylation sites (N-methyl/N-ethyl adjacent to an activating group) is 1. The molecule has 6 heteroatoms. The molecule has 0 aliphatic carbocycles. The van der Waals surface area contributed by atoms with E-state index in [4.69, 9.17) is 9.47 Å². The van der Waals surface area contributed by atoms with Crippen molar-refractivity contribution in [1.82, 2.24) is 4.90 Å². The van der Waals surface area contributed by atoms with E-state index in [2.05, 4.69) is 4.90 Å². The highest BCUT2D eigenvalue weighted by molar-refractivity contribution is 7.90. The van der Waals surface area contributed by atoms with Crippen LogP contribution >= 0.6 is 0 Å². The highest BCUT2D eigenvalue weighted by atomic mass is 32.2. The normalized spacial score (nSPS) is 20.2. The first-order valence-corrected chi connectivity index (χ1v) is 8.51. The first kappa shape index (κ1) is 15.4. The first-order chi connectivity index (χ1) is 9.45. The van der Waals surface area contributed by atoms with E-state index in [1.54, 1.807) is 12.1 Å². The van der Waals surface area contributed by atoms with Crippen molar-refractivity contribution in [3.8, 4) is 0 Å².